The van der Waals surface area contributed by atoms with Crippen LogP contribution in [0.15, 0.2) is 30.9 Å². The molecule has 1 fully saturated rings. The van der Waals surface area contributed by atoms with Crippen LogP contribution in [0.3, 0.4) is 0 Å². The smallest absolute Gasteiger partial charge is 0.128 e. The largest absolute Gasteiger partial charge is 0.354 e. The van der Waals surface area contributed by atoms with Gasteiger partial charge in [0, 0.05) is 58.7 Å². The maximum Gasteiger partial charge on any atom is 0.128 e. The number of aryl methyl sites for hydroxylation is 1. The van der Waals surface area contributed by atoms with Gasteiger partial charge in [-0.15, -0.1) is 0 Å². The fraction of sp³-hybridized carbons (Fsp3) is 0.500. The van der Waals surface area contributed by atoms with E-state index in [9.17, 15) is 0 Å². The third-order valence-corrected chi connectivity index (χ3v) is 4.19. The van der Waals surface area contributed by atoms with E-state index in [0.29, 0.717) is 0 Å². The van der Waals surface area contributed by atoms with Crippen molar-refractivity contribution in [2.24, 2.45) is 7.05 Å². The maximum atomic E-state index is 4.61. The van der Waals surface area contributed by atoms with Crippen molar-refractivity contribution < 1.29 is 0 Å². The summed E-state index contributed by atoms with van der Waals surface area (Å²) in [6.45, 7) is 5.96. The molecule has 6 heteroatoms. The number of nitrogens with zero attached hydrogens (tertiary/aromatic N) is 5. The Hall–Kier alpha value is -1.92. The number of aromatic nitrogens is 3. The molecule has 1 aliphatic heterocycles. The average Bonchev–Trinajstić information content (AvgIpc) is 2.94. The van der Waals surface area contributed by atoms with Crippen molar-refractivity contribution in [3.05, 3.63) is 42.1 Å². The monoisotopic (exact) mass is 300 g/mol. The summed E-state index contributed by atoms with van der Waals surface area (Å²) in [6, 6.07) is 4.29. The summed E-state index contributed by atoms with van der Waals surface area (Å²) < 4.78 is 2.03. The van der Waals surface area contributed by atoms with Gasteiger partial charge in [0.15, 0.2) is 0 Å². The number of hydrogen-bond donors (Lipinski definition) is 1. The Labute approximate surface area is 131 Å². The molecule has 0 bridgehead atoms. The zero-order valence-electron chi connectivity index (χ0n) is 13.4. The van der Waals surface area contributed by atoms with Gasteiger partial charge in [-0.25, -0.2) is 9.97 Å². The van der Waals surface area contributed by atoms with Gasteiger partial charge in [-0.05, 0) is 18.7 Å². The van der Waals surface area contributed by atoms with Crippen molar-refractivity contribution in [3.63, 3.8) is 0 Å². The van der Waals surface area contributed by atoms with Crippen LogP contribution in [-0.2, 0) is 20.1 Å². The predicted octanol–water partition coefficient (Wildman–Crippen LogP) is 0.857. The fourth-order valence-corrected chi connectivity index (χ4v) is 2.63. The summed E-state index contributed by atoms with van der Waals surface area (Å²) in [4.78, 5) is 13.4. The molecule has 0 spiro atoms. The number of nitrogens with one attached hydrogen (secondary N) is 1. The van der Waals surface area contributed by atoms with Gasteiger partial charge in [0.05, 0.1) is 12.0 Å². The molecule has 2 aromatic heterocycles. The van der Waals surface area contributed by atoms with E-state index < -0.39 is 0 Å². The van der Waals surface area contributed by atoms with E-state index in [1.807, 2.05) is 30.3 Å². The van der Waals surface area contributed by atoms with E-state index in [2.05, 4.69) is 44.3 Å². The lowest BCUT2D eigenvalue weighted by Gasteiger charge is -2.33. The molecule has 0 unspecified atom stereocenters. The standard InChI is InChI=1S/C16H24N6/c1-20-5-7-22(8-6-20)16-4-3-14(10-19-16)9-17-11-15-12-18-13-21(15)2/h3-4,10,12-13,17H,5-9,11H2,1-2H3. The Morgan fingerprint density at radius 2 is 1.86 bits per heavy atom. The number of anilines is 1. The first-order chi connectivity index (χ1) is 10.7. The van der Waals surface area contributed by atoms with Crippen molar-refractivity contribution in [2.45, 2.75) is 13.1 Å². The van der Waals surface area contributed by atoms with Crippen LogP contribution in [0.25, 0.3) is 0 Å². The van der Waals surface area contributed by atoms with Crippen LogP contribution in [0.4, 0.5) is 5.82 Å². The minimum absolute atomic E-state index is 0.816. The molecule has 3 rings (SSSR count). The Balaban J connectivity index is 1.50. The first-order valence-corrected chi connectivity index (χ1v) is 7.77. The van der Waals surface area contributed by atoms with Gasteiger partial charge in [-0.3, -0.25) is 0 Å². The summed E-state index contributed by atoms with van der Waals surface area (Å²) >= 11 is 0. The second-order valence-corrected chi connectivity index (χ2v) is 5.91. The lowest BCUT2D eigenvalue weighted by Crippen LogP contribution is -2.44. The fourth-order valence-electron chi connectivity index (χ4n) is 2.63. The number of piperazine rings is 1. The molecule has 0 radical (unpaired) electrons. The SMILES string of the molecule is CN1CCN(c2ccc(CNCc3cncn3C)cn2)CC1. The van der Waals surface area contributed by atoms with Crippen LogP contribution < -0.4 is 10.2 Å². The molecular weight excluding hydrogens is 276 g/mol. The highest BCUT2D eigenvalue weighted by atomic mass is 15.3. The van der Waals surface area contributed by atoms with Crippen molar-refractivity contribution >= 4 is 5.82 Å². The quantitative estimate of drug-likeness (QED) is 0.887. The Morgan fingerprint density at radius 3 is 2.50 bits per heavy atom. The Bertz CT molecular complexity index is 583. The molecule has 0 atom stereocenters. The van der Waals surface area contributed by atoms with Crippen LogP contribution >= 0.6 is 0 Å². The lowest BCUT2D eigenvalue weighted by molar-refractivity contribution is 0.312. The van der Waals surface area contributed by atoms with E-state index in [1.165, 1.54) is 11.3 Å². The van der Waals surface area contributed by atoms with Gasteiger partial charge in [0.1, 0.15) is 5.82 Å². The van der Waals surface area contributed by atoms with Crippen LogP contribution in [0.1, 0.15) is 11.3 Å². The minimum Gasteiger partial charge on any atom is -0.354 e. The number of likely N-dealkylation sites (N-methyl/N-ethyl adjacent to an activating group) is 1. The van der Waals surface area contributed by atoms with Crippen molar-refractivity contribution in [1.29, 1.82) is 0 Å². The first kappa shape index (κ1) is 15.0. The summed E-state index contributed by atoms with van der Waals surface area (Å²) in [5.74, 6) is 1.09. The summed E-state index contributed by atoms with van der Waals surface area (Å²) in [5, 5.41) is 3.43. The van der Waals surface area contributed by atoms with Gasteiger partial charge in [-0.2, -0.15) is 0 Å². The normalized spacial score (nSPS) is 16.2. The van der Waals surface area contributed by atoms with Crippen molar-refractivity contribution in [3.8, 4) is 0 Å². The Kier molecular flexibility index (Phi) is 4.70. The highest BCUT2D eigenvalue weighted by Crippen LogP contribution is 2.13. The molecule has 0 aliphatic carbocycles. The van der Waals surface area contributed by atoms with Crippen LogP contribution in [0, 0.1) is 0 Å². The molecule has 118 valence electrons. The van der Waals surface area contributed by atoms with Crippen LogP contribution in [0.5, 0.6) is 0 Å². The highest BCUT2D eigenvalue weighted by molar-refractivity contribution is 5.39. The molecule has 1 N–H and O–H groups in total. The zero-order chi connectivity index (χ0) is 15.4. The summed E-state index contributed by atoms with van der Waals surface area (Å²) in [5.41, 5.74) is 2.39. The van der Waals surface area contributed by atoms with Crippen LogP contribution in [0.2, 0.25) is 0 Å². The van der Waals surface area contributed by atoms with Crippen LogP contribution in [-0.4, -0.2) is 52.7 Å². The van der Waals surface area contributed by atoms with Crippen molar-refractivity contribution in [2.75, 3.05) is 38.1 Å². The molecule has 2 aromatic rings. The maximum absolute atomic E-state index is 4.61. The predicted molar refractivity (Wildman–Crippen MR) is 87.7 cm³/mol. The summed E-state index contributed by atoms with van der Waals surface area (Å²) in [7, 11) is 4.18. The number of pyridine rings is 1. The third kappa shape index (κ3) is 3.64. The third-order valence-electron chi connectivity index (χ3n) is 4.19. The van der Waals surface area contributed by atoms with Crippen molar-refractivity contribution in [1.82, 2.24) is 24.8 Å². The number of hydrogen-bond acceptors (Lipinski definition) is 5. The van der Waals surface area contributed by atoms with E-state index in [1.54, 1.807) is 0 Å². The molecule has 0 aromatic carbocycles. The number of imidazole rings is 1. The van der Waals surface area contributed by atoms with Gasteiger partial charge in [0.2, 0.25) is 0 Å². The highest BCUT2D eigenvalue weighted by Gasteiger charge is 2.14. The van der Waals surface area contributed by atoms with Gasteiger partial charge in [0.25, 0.3) is 0 Å². The Morgan fingerprint density at radius 1 is 1.05 bits per heavy atom. The molecule has 22 heavy (non-hydrogen) atoms. The van der Waals surface area contributed by atoms with E-state index in [-0.39, 0.29) is 0 Å². The molecule has 1 aliphatic rings. The molecule has 6 nitrogen and oxygen atoms in total. The van der Waals surface area contributed by atoms with E-state index in [0.717, 1.165) is 45.1 Å². The van der Waals surface area contributed by atoms with Gasteiger partial charge >= 0.3 is 0 Å². The van der Waals surface area contributed by atoms with Gasteiger partial charge in [-0.1, -0.05) is 6.07 Å². The molecule has 0 saturated carbocycles. The number of rotatable bonds is 5. The minimum atomic E-state index is 0.816. The second kappa shape index (κ2) is 6.89. The lowest BCUT2D eigenvalue weighted by atomic mass is 10.2. The second-order valence-electron chi connectivity index (χ2n) is 5.91. The zero-order valence-corrected chi connectivity index (χ0v) is 13.4. The molecule has 3 heterocycles. The average molecular weight is 300 g/mol. The van der Waals surface area contributed by atoms with E-state index >= 15 is 0 Å². The molecule has 1 saturated heterocycles. The first-order valence-electron chi connectivity index (χ1n) is 7.77. The molecular formula is C16H24N6. The van der Waals surface area contributed by atoms with E-state index in [4.69, 9.17) is 0 Å². The topological polar surface area (TPSA) is 49.2 Å². The molecule has 0 amide bonds. The van der Waals surface area contributed by atoms with Gasteiger partial charge < -0.3 is 19.7 Å². The summed E-state index contributed by atoms with van der Waals surface area (Å²) in [6.07, 6.45) is 5.69.